The Morgan fingerprint density at radius 3 is 2.89 bits per heavy atom. The zero-order chi connectivity index (χ0) is 13.0. The smallest absolute Gasteiger partial charge is 0.0701 e. The maximum Gasteiger partial charge on any atom is 0.0701 e. The lowest BCUT2D eigenvalue weighted by Gasteiger charge is -2.37. The third-order valence-corrected chi connectivity index (χ3v) is 5.09. The van der Waals surface area contributed by atoms with Crippen LogP contribution in [0.2, 0.25) is 0 Å². The van der Waals surface area contributed by atoms with Crippen LogP contribution in [0.3, 0.4) is 0 Å². The number of rotatable bonds is 5. The number of hydrogen-bond donors (Lipinski definition) is 1. The molecule has 1 saturated heterocycles. The van der Waals surface area contributed by atoms with Crippen molar-refractivity contribution in [1.29, 1.82) is 0 Å². The zero-order valence-corrected chi connectivity index (χ0v) is 13.6. The standard InChI is InChI=1S/C14H22BrNOS/c1-11(2)16-9-14(6-3-7-17-10-14)8-12-4-5-13(15)18-12/h4-5,11,16H,3,6-10H2,1-2H3. The molecule has 0 saturated carbocycles. The van der Waals surface area contributed by atoms with Gasteiger partial charge in [0.1, 0.15) is 0 Å². The summed E-state index contributed by atoms with van der Waals surface area (Å²) in [5.74, 6) is 0. The van der Waals surface area contributed by atoms with Crippen molar-refractivity contribution in [2.75, 3.05) is 19.8 Å². The Morgan fingerprint density at radius 2 is 2.33 bits per heavy atom. The molecule has 1 fully saturated rings. The Kier molecular flexibility index (Phi) is 5.24. The fourth-order valence-corrected chi connectivity index (χ4v) is 4.15. The Bertz CT molecular complexity index is 372. The molecule has 0 spiro atoms. The van der Waals surface area contributed by atoms with E-state index in [4.69, 9.17) is 4.74 Å². The van der Waals surface area contributed by atoms with Gasteiger partial charge in [0.15, 0.2) is 0 Å². The Balaban J connectivity index is 2.03. The second-order valence-corrected chi connectivity index (χ2v) is 8.12. The average molecular weight is 332 g/mol. The summed E-state index contributed by atoms with van der Waals surface area (Å²) < 4.78 is 6.97. The summed E-state index contributed by atoms with van der Waals surface area (Å²) in [6.45, 7) is 7.29. The predicted octanol–water partition coefficient (Wildman–Crippen LogP) is 3.85. The Morgan fingerprint density at radius 1 is 1.50 bits per heavy atom. The first-order valence-electron chi connectivity index (χ1n) is 6.65. The van der Waals surface area contributed by atoms with Crippen LogP contribution in [0.5, 0.6) is 0 Å². The van der Waals surface area contributed by atoms with Crippen LogP contribution in [0.4, 0.5) is 0 Å². The van der Waals surface area contributed by atoms with Gasteiger partial charge in [-0.1, -0.05) is 13.8 Å². The van der Waals surface area contributed by atoms with Crippen LogP contribution < -0.4 is 5.32 Å². The van der Waals surface area contributed by atoms with E-state index in [-0.39, 0.29) is 5.41 Å². The summed E-state index contributed by atoms with van der Waals surface area (Å²) >= 11 is 5.40. The maximum atomic E-state index is 5.75. The van der Waals surface area contributed by atoms with E-state index in [2.05, 4.69) is 47.2 Å². The van der Waals surface area contributed by atoms with Crippen molar-refractivity contribution in [3.05, 3.63) is 20.8 Å². The van der Waals surface area contributed by atoms with Gasteiger partial charge in [-0.2, -0.15) is 0 Å². The SMILES string of the molecule is CC(C)NCC1(Cc2ccc(Br)s2)CCCOC1. The van der Waals surface area contributed by atoms with Gasteiger partial charge in [0.05, 0.1) is 10.4 Å². The van der Waals surface area contributed by atoms with Crippen molar-refractivity contribution in [2.45, 2.75) is 39.2 Å². The van der Waals surface area contributed by atoms with Crippen molar-refractivity contribution >= 4 is 27.3 Å². The Hall–Kier alpha value is 0.1000. The minimum absolute atomic E-state index is 0.285. The summed E-state index contributed by atoms with van der Waals surface area (Å²) in [6, 6.07) is 4.92. The summed E-state index contributed by atoms with van der Waals surface area (Å²) in [4.78, 5) is 1.46. The van der Waals surface area contributed by atoms with Crippen LogP contribution in [-0.2, 0) is 11.2 Å². The molecule has 4 heteroatoms. The number of thiophene rings is 1. The third kappa shape index (κ3) is 4.05. The molecule has 2 nitrogen and oxygen atoms in total. The lowest BCUT2D eigenvalue weighted by atomic mass is 9.78. The van der Waals surface area contributed by atoms with Gasteiger partial charge in [0.2, 0.25) is 0 Å². The normalized spacial score (nSPS) is 24.7. The molecule has 0 bridgehead atoms. The molecule has 2 heterocycles. The van der Waals surface area contributed by atoms with E-state index in [0.29, 0.717) is 6.04 Å². The first-order valence-corrected chi connectivity index (χ1v) is 8.26. The van der Waals surface area contributed by atoms with Gasteiger partial charge in [-0.05, 0) is 47.3 Å². The molecule has 0 aromatic carbocycles. The quantitative estimate of drug-likeness (QED) is 0.884. The van der Waals surface area contributed by atoms with E-state index in [0.717, 1.165) is 26.2 Å². The van der Waals surface area contributed by atoms with Gasteiger partial charge in [-0.3, -0.25) is 0 Å². The monoisotopic (exact) mass is 331 g/mol. The molecule has 1 aliphatic heterocycles. The molecule has 0 radical (unpaired) electrons. The summed E-state index contributed by atoms with van der Waals surface area (Å²) in [6.07, 6.45) is 3.58. The maximum absolute atomic E-state index is 5.75. The lowest BCUT2D eigenvalue weighted by Crippen LogP contribution is -2.44. The van der Waals surface area contributed by atoms with Crippen molar-refractivity contribution < 1.29 is 4.74 Å². The molecule has 0 amide bonds. The molecule has 18 heavy (non-hydrogen) atoms. The molecule has 1 atom stereocenters. The van der Waals surface area contributed by atoms with Crippen LogP contribution in [-0.4, -0.2) is 25.8 Å². The number of nitrogens with one attached hydrogen (secondary N) is 1. The number of halogens is 1. The summed E-state index contributed by atoms with van der Waals surface area (Å²) in [5.41, 5.74) is 0.285. The van der Waals surface area contributed by atoms with Gasteiger partial charge in [-0.25, -0.2) is 0 Å². The summed E-state index contributed by atoms with van der Waals surface area (Å²) in [5, 5.41) is 3.60. The third-order valence-electron chi connectivity index (χ3n) is 3.47. The highest BCUT2D eigenvalue weighted by molar-refractivity contribution is 9.11. The van der Waals surface area contributed by atoms with E-state index >= 15 is 0 Å². The van der Waals surface area contributed by atoms with Crippen LogP contribution in [0.15, 0.2) is 15.9 Å². The highest BCUT2D eigenvalue weighted by Gasteiger charge is 2.33. The first kappa shape index (κ1) is 14.5. The zero-order valence-electron chi connectivity index (χ0n) is 11.2. The van der Waals surface area contributed by atoms with E-state index in [1.807, 2.05) is 11.3 Å². The fourth-order valence-electron chi connectivity index (χ4n) is 2.49. The van der Waals surface area contributed by atoms with Crippen LogP contribution in [0, 0.1) is 5.41 Å². The fraction of sp³-hybridized carbons (Fsp3) is 0.714. The molecule has 2 rings (SSSR count). The van der Waals surface area contributed by atoms with E-state index in [1.54, 1.807) is 0 Å². The van der Waals surface area contributed by atoms with Gasteiger partial charge in [0, 0.05) is 29.5 Å². The second-order valence-electron chi connectivity index (χ2n) is 5.57. The minimum Gasteiger partial charge on any atom is -0.381 e. The van der Waals surface area contributed by atoms with Crippen LogP contribution in [0.25, 0.3) is 0 Å². The minimum atomic E-state index is 0.285. The Labute approximate surface area is 122 Å². The molecule has 1 aromatic rings. The lowest BCUT2D eigenvalue weighted by molar-refractivity contribution is -0.00760. The molecule has 102 valence electrons. The van der Waals surface area contributed by atoms with E-state index in [9.17, 15) is 0 Å². The molecule has 1 aliphatic rings. The molecule has 1 N–H and O–H groups in total. The largest absolute Gasteiger partial charge is 0.381 e. The van der Waals surface area contributed by atoms with Gasteiger partial charge < -0.3 is 10.1 Å². The average Bonchev–Trinajstić information content (AvgIpc) is 2.73. The van der Waals surface area contributed by atoms with Crippen molar-refractivity contribution in [3.63, 3.8) is 0 Å². The van der Waals surface area contributed by atoms with Crippen molar-refractivity contribution in [3.8, 4) is 0 Å². The van der Waals surface area contributed by atoms with Gasteiger partial charge in [-0.15, -0.1) is 11.3 Å². The first-order chi connectivity index (χ1) is 8.60. The van der Waals surface area contributed by atoms with Crippen LogP contribution in [0.1, 0.15) is 31.6 Å². The number of ether oxygens (including phenoxy) is 1. The van der Waals surface area contributed by atoms with Crippen molar-refractivity contribution in [1.82, 2.24) is 5.32 Å². The molecule has 1 aromatic heterocycles. The molecular weight excluding hydrogens is 310 g/mol. The van der Waals surface area contributed by atoms with E-state index in [1.165, 1.54) is 21.5 Å². The highest BCUT2D eigenvalue weighted by atomic mass is 79.9. The second kappa shape index (κ2) is 6.51. The summed E-state index contributed by atoms with van der Waals surface area (Å²) in [7, 11) is 0. The van der Waals surface area contributed by atoms with Crippen molar-refractivity contribution in [2.24, 2.45) is 5.41 Å². The molecule has 1 unspecified atom stereocenters. The van der Waals surface area contributed by atoms with Gasteiger partial charge in [0.25, 0.3) is 0 Å². The predicted molar refractivity (Wildman–Crippen MR) is 81.3 cm³/mol. The van der Waals surface area contributed by atoms with Gasteiger partial charge >= 0.3 is 0 Å². The topological polar surface area (TPSA) is 21.3 Å². The number of hydrogen-bond acceptors (Lipinski definition) is 3. The van der Waals surface area contributed by atoms with Crippen LogP contribution >= 0.6 is 27.3 Å². The van der Waals surface area contributed by atoms with E-state index < -0.39 is 0 Å². The highest BCUT2D eigenvalue weighted by Crippen LogP contribution is 2.35. The molecule has 0 aliphatic carbocycles. The molecular formula is C14H22BrNOS.